The fraction of sp³-hybridized carbons (Fsp3) is 0.615. The van der Waals surface area contributed by atoms with Crippen LogP contribution in [0.2, 0.25) is 0 Å². The smallest absolute Gasteiger partial charge is 0.0592 e. The maximum atomic E-state index is 4.12. The molecule has 1 aromatic heterocycles. The summed E-state index contributed by atoms with van der Waals surface area (Å²) in [6.07, 6.45) is 11.9. The van der Waals surface area contributed by atoms with Crippen LogP contribution in [0.3, 0.4) is 0 Å². The van der Waals surface area contributed by atoms with Gasteiger partial charge >= 0.3 is 0 Å². The minimum absolute atomic E-state index is 0.696. The normalized spacial score (nSPS) is 18.1. The highest BCUT2D eigenvalue weighted by atomic mass is 79.9. The van der Waals surface area contributed by atoms with Crippen molar-refractivity contribution in [2.45, 2.75) is 44.6 Å². The van der Waals surface area contributed by atoms with E-state index in [2.05, 4.69) is 38.9 Å². The zero-order chi connectivity index (χ0) is 11.4. The summed E-state index contributed by atoms with van der Waals surface area (Å²) in [7, 11) is 2.20. The van der Waals surface area contributed by atoms with E-state index in [0.717, 1.165) is 4.47 Å². The predicted octanol–water partition coefficient (Wildman–Crippen LogP) is 4.00. The predicted molar refractivity (Wildman–Crippen MR) is 71.8 cm³/mol. The Balaban J connectivity index is 2.11. The molecule has 2 rings (SSSR count). The van der Waals surface area contributed by atoms with E-state index in [9.17, 15) is 0 Å². The number of pyridine rings is 1. The van der Waals surface area contributed by atoms with E-state index in [0.29, 0.717) is 6.04 Å². The first-order chi connectivity index (χ1) is 7.79. The molecule has 1 aliphatic carbocycles. The molecule has 0 aromatic carbocycles. The molecule has 88 valence electrons. The molecule has 1 aliphatic rings. The Hall–Kier alpha value is -0.570. The highest BCUT2D eigenvalue weighted by molar-refractivity contribution is 9.10. The van der Waals surface area contributed by atoms with Crippen molar-refractivity contribution in [3.8, 4) is 0 Å². The summed E-state index contributed by atoms with van der Waals surface area (Å²) in [5, 5.41) is 0. The lowest BCUT2D eigenvalue weighted by atomic mass is 10.1. The van der Waals surface area contributed by atoms with Crippen LogP contribution in [0.25, 0.3) is 0 Å². The van der Waals surface area contributed by atoms with E-state index < -0.39 is 0 Å². The van der Waals surface area contributed by atoms with Gasteiger partial charge in [-0.05, 0) is 34.8 Å². The lowest BCUT2D eigenvalue weighted by Gasteiger charge is -2.29. The maximum absolute atomic E-state index is 4.12. The fourth-order valence-electron chi connectivity index (χ4n) is 2.50. The summed E-state index contributed by atoms with van der Waals surface area (Å²) in [5.41, 5.74) is 1.27. The quantitative estimate of drug-likeness (QED) is 0.762. The van der Waals surface area contributed by atoms with Crippen LogP contribution >= 0.6 is 15.9 Å². The van der Waals surface area contributed by atoms with E-state index in [1.54, 1.807) is 0 Å². The largest absolute Gasteiger partial charge is 0.371 e. The van der Waals surface area contributed by atoms with Gasteiger partial charge in [-0.2, -0.15) is 0 Å². The Bertz CT molecular complexity index is 332. The molecule has 3 heteroatoms. The maximum Gasteiger partial charge on any atom is 0.0592 e. The first-order valence-electron chi connectivity index (χ1n) is 6.11. The molecule has 16 heavy (non-hydrogen) atoms. The third kappa shape index (κ3) is 2.76. The van der Waals surface area contributed by atoms with Gasteiger partial charge in [0.2, 0.25) is 0 Å². The van der Waals surface area contributed by atoms with Gasteiger partial charge in [0.15, 0.2) is 0 Å². The Labute approximate surface area is 106 Å². The Morgan fingerprint density at radius 1 is 1.25 bits per heavy atom. The van der Waals surface area contributed by atoms with E-state index in [4.69, 9.17) is 0 Å². The molecular formula is C13H19BrN2. The number of anilines is 1. The van der Waals surface area contributed by atoms with E-state index in [-0.39, 0.29) is 0 Å². The van der Waals surface area contributed by atoms with Gasteiger partial charge < -0.3 is 4.90 Å². The molecule has 0 radical (unpaired) electrons. The van der Waals surface area contributed by atoms with Crippen LogP contribution in [0.4, 0.5) is 5.69 Å². The summed E-state index contributed by atoms with van der Waals surface area (Å²) < 4.78 is 1.10. The molecule has 0 saturated heterocycles. The molecule has 1 aromatic rings. The third-order valence-corrected chi connectivity index (χ3v) is 4.11. The molecule has 0 bridgehead atoms. The minimum Gasteiger partial charge on any atom is -0.371 e. The molecule has 1 fully saturated rings. The van der Waals surface area contributed by atoms with Gasteiger partial charge in [0.05, 0.1) is 10.2 Å². The second kappa shape index (κ2) is 5.67. The summed E-state index contributed by atoms with van der Waals surface area (Å²) >= 11 is 3.58. The minimum atomic E-state index is 0.696. The highest BCUT2D eigenvalue weighted by Crippen LogP contribution is 2.29. The average molecular weight is 283 g/mol. The number of nitrogens with zero attached hydrogens (tertiary/aromatic N) is 2. The molecule has 0 aliphatic heterocycles. The van der Waals surface area contributed by atoms with Crippen LogP contribution in [0.1, 0.15) is 38.5 Å². The SMILES string of the molecule is CN(c1ccncc1Br)C1CCCCCC1. The van der Waals surface area contributed by atoms with Gasteiger partial charge in [-0.15, -0.1) is 0 Å². The zero-order valence-electron chi connectivity index (χ0n) is 9.82. The molecule has 0 N–H and O–H groups in total. The molecule has 0 atom stereocenters. The lowest BCUT2D eigenvalue weighted by molar-refractivity contribution is 0.552. The number of hydrogen-bond donors (Lipinski definition) is 0. The fourth-order valence-corrected chi connectivity index (χ4v) is 3.03. The third-order valence-electron chi connectivity index (χ3n) is 3.50. The van der Waals surface area contributed by atoms with E-state index >= 15 is 0 Å². The van der Waals surface area contributed by atoms with Gasteiger partial charge in [-0.3, -0.25) is 4.98 Å². The Morgan fingerprint density at radius 3 is 2.56 bits per heavy atom. The van der Waals surface area contributed by atoms with Gasteiger partial charge in [-0.1, -0.05) is 25.7 Å². The summed E-state index contributed by atoms with van der Waals surface area (Å²) in [6.45, 7) is 0. The van der Waals surface area contributed by atoms with Crippen molar-refractivity contribution in [2.24, 2.45) is 0 Å². The molecule has 2 nitrogen and oxygen atoms in total. The van der Waals surface area contributed by atoms with Crippen molar-refractivity contribution in [2.75, 3.05) is 11.9 Å². The standard InChI is InChI=1S/C13H19BrN2/c1-16(11-6-4-2-3-5-7-11)13-8-9-15-10-12(13)14/h8-11H,2-7H2,1H3. The summed E-state index contributed by atoms with van der Waals surface area (Å²) in [4.78, 5) is 6.53. The number of rotatable bonds is 2. The number of aromatic nitrogens is 1. The van der Waals surface area contributed by atoms with Crippen molar-refractivity contribution in [1.29, 1.82) is 0 Å². The second-order valence-electron chi connectivity index (χ2n) is 4.58. The van der Waals surface area contributed by atoms with Gasteiger partial charge in [0.25, 0.3) is 0 Å². The number of hydrogen-bond acceptors (Lipinski definition) is 2. The molecule has 0 amide bonds. The van der Waals surface area contributed by atoms with Gasteiger partial charge in [0, 0.05) is 25.5 Å². The first kappa shape index (κ1) is 11.9. The van der Waals surface area contributed by atoms with Gasteiger partial charge in [-0.25, -0.2) is 0 Å². The summed E-state index contributed by atoms with van der Waals surface area (Å²) in [5.74, 6) is 0. The summed E-state index contributed by atoms with van der Waals surface area (Å²) in [6, 6.07) is 2.79. The highest BCUT2D eigenvalue weighted by Gasteiger charge is 2.18. The van der Waals surface area contributed by atoms with Crippen molar-refractivity contribution in [1.82, 2.24) is 4.98 Å². The molecule has 1 heterocycles. The Kier molecular flexibility index (Phi) is 4.22. The molecule has 0 unspecified atom stereocenters. The van der Waals surface area contributed by atoms with Crippen LogP contribution in [-0.4, -0.2) is 18.1 Å². The molecular weight excluding hydrogens is 264 g/mol. The van der Waals surface area contributed by atoms with Crippen LogP contribution in [0.15, 0.2) is 22.9 Å². The van der Waals surface area contributed by atoms with Crippen LogP contribution in [0.5, 0.6) is 0 Å². The zero-order valence-corrected chi connectivity index (χ0v) is 11.4. The van der Waals surface area contributed by atoms with Crippen molar-refractivity contribution < 1.29 is 0 Å². The van der Waals surface area contributed by atoms with Crippen molar-refractivity contribution in [3.05, 3.63) is 22.9 Å². The lowest BCUT2D eigenvalue weighted by Crippen LogP contribution is -2.31. The second-order valence-corrected chi connectivity index (χ2v) is 5.44. The van der Waals surface area contributed by atoms with Crippen LogP contribution in [-0.2, 0) is 0 Å². The number of halogens is 1. The topological polar surface area (TPSA) is 16.1 Å². The van der Waals surface area contributed by atoms with Crippen molar-refractivity contribution >= 4 is 21.6 Å². The van der Waals surface area contributed by atoms with Gasteiger partial charge in [0.1, 0.15) is 0 Å². The van der Waals surface area contributed by atoms with Crippen molar-refractivity contribution in [3.63, 3.8) is 0 Å². The van der Waals surface area contributed by atoms with Crippen LogP contribution < -0.4 is 4.90 Å². The first-order valence-corrected chi connectivity index (χ1v) is 6.90. The molecule has 0 spiro atoms. The Morgan fingerprint density at radius 2 is 1.94 bits per heavy atom. The molecule has 1 saturated carbocycles. The van der Waals surface area contributed by atoms with Crippen LogP contribution in [0, 0.1) is 0 Å². The van der Waals surface area contributed by atoms with E-state index in [1.165, 1.54) is 44.2 Å². The average Bonchev–Trinajstić information content (AvgIpc) is 2.57. The van der Waals surface area contributed by atoms with E-state index in [1.807, 2.05) is 12.4 Å². The monoisotopic (exact) mass is 282 g/mol.